The maximum absolute atomic E-state index is 5.41. The van der Waals surface area contributed by atoms with Gasteiger partial charge >= 0.3 is 0 Å². The van der Waals surface area contributed by atoms with Gasteiger partial charge in [0.1, 0.15) is 22.1 Å². The summed E-state index contributed by atoms with van der Waals surface area (Å²) in [6, 6.07) is 15.9. The van der Waals surface area contributed by atoms with Gasteiger partial charge in [0, 0.05) is 52.9 Å². The van der Waals surface area contributed by atoms with E-state index in [1.54, 1.807) is 27.8 Å². The minimum absolute atomic E-state index is 0.0552. The van der Waals surface area contributed by atoms with E-state index < -0.39 is 0 Å². The van der Waals surface area contributed by atoms with E-state index in [4.69, 9.17) is 17.5 Å². The van der Waals surface area contributed by atoms with Gasteiger partial charge in [0.15, 0.2) is 0 Å². The van der Waals surface area contributed by atoms with Gasteiger partial charge in [-0.25, -0.2) is 0 Å². The van der Waals surface area contributed by atoms with Crippen molar-refractivity contribution in [3.05, 3.63) is 80.2 Å². The zero-order valence-electron chi connectivity index (χ0n) is 43.1. The lowest BCUT2D eigenvalue weighted by Gasteiger charge is -2.35. The van der Waals surface area contributed by atoms with E-state index in [0.29, 0.717) is 5.92 Å². The Morgan fingerprint density at radius 1 is 0.420 bits per heavy atom. The van der Waals surface area contributed by atoms with Crippen LogP contribution in [0, 0.1) is 13.8 Å². The number of aromatic nitrogens is 4. The largest absolute Gasteiger partial charge is 0.173 e. The van der Waals surface area contributed by atoms with Gasteiger partial charge in [0.2, 0.25) is 0 Å². The van der Waals surface area contributed by atoms with E-state index in [2.05, 4.69) is 84.9 Å². The maximum Gasteiger partial charge on any atom is 0.114 e. The molecule has 0 radical (unpaired) electrons. The summed E-state index contributed by atoms with van der Waals surface area (Å²) >= 11 is 6.90. The van der Waals surface area contributed by atoms with Crippen LogP contribution in [0.1, 0.15) is 245 Å². The molecule has 1 unspecified atom stereocenters. The molecule has 4 heterocycles. The van der Waals surface area contributed by atoms with Crippen LogP contribution in [-0.2, 0) is 10.8 Å². The van der Waals surface area contributed by atoms with Gasteiger partial charge in [0.05, 0.1) is 23.5 Å². The first kappa shape index (κ1) is 49.3. The van der Waals surface area contributed by atoms with E-state index in [-0.39, 0.29) is 10.8 Å². The van der Waals surface area contributed by atoms with E-state index >= 15 is 0 Å². The van der Waals surface area contributed by atoms with E-state index in [9.17, 15) is 0 Å². The van der Waals surface area contributed by atoms with Gasteiger partial charge in [-0.3, -0.25) is 0 Å². The zero-order valence-corrected chi connectivity index (χ0v) is 46.4. The van der Waals surface area contributed by atoms with E-state index in [1.165, 1.54) is 242 Å². The van der Waals surface area contributed by atoms with Crippen molar-refractivity contribution in [1.82, 2.24) is 17.5 Å². The second-order valence-corrected chi connectivity index (χ2v) is 25.0. The highest BCUT2D eigenvalue weighted by Gasteiger charge is 2.50. The van der Waals surface area contributed by atoms with Crippen molar-refractivity contribution in [2.24, 2.45) is 0 Å². The van der Waals surface area contributed by atoms with Crippen molar-refractivity contribution in [1.29, 1.82) is 0 Å². The average Bonchev–Trinajstić information content (AvgIpc) is 4.23. The Kier molecular flexibility index (Phi) is 15.3. The zero-order chi connectivity index (χ0) is 47.7. The number of hydrogen-bond acceptors (Lipinski definition) is 8. The lowest BCUT2D eigenvalue weighted by Crippen LogP contribution is -2.27. The summed E-state index contributed by atoms with van der Waals surface area (Å²) in [6.45, 7) is 16.4. The molecule has 0 saturated heterocycles. The third-order valence-electron chi connectivity index (χ3n) is 17.1. The van der Waals surface area contributed by atoms with Crippen LogP contribution in [0.3, 0.4) is 0 Å². The van der Waals surface area contributed by atoms with Crippen LogP contribution in [0.4, 0.5) is 0 Å². The summed E-state index contributed by atoms with van der Waals surface area (Å²) in [6.07, 6.45) is 31.5. The highest BCUT2D eigenvalue weighted by Crippen LogP contribution is 2.64. The van der Waals surface area contributed by atoms with Crippen molar-refractivity contribution < 1.29 is 0 Å². The molecule has 0 N–H and O–H groups in total. The molecule has 4 aromatic heterocycles. The molecule has 0 aliphatic heterocycles. The van der Waals surface area contributed by atoms with Crippen LogP contribution >= 0.6 is 46.1 Å². The summed E-state index contributed by atoms with van der Waals surface area (Å²) in [5.74, 6) is 0.499. The molecule has 3 aliphatic carbocycles. The standard InChI is InChI=1S/C61H78N4S4/c1-8-13-18-23-28-41-42-34-40(7)66-58(42)59-43(41)38-51(67-59)46-37-50-53(57-55(46)63-69-65-57)45-36-47-44(35-48(45)61(50,31-26-21-16-11-4)32-27-22-17-12-5)52-49(33-39(6)54-56(52)64-68-62-54)60(47,29-24-19-14-9-2)30-25-20-15-10-3/h33-38,41H,8-32H2,1-7H3. The minimum atomic E-state index is -0.106. The van der Waals surface area contributed by atoms with Gasteiger partial charge in [-0.05, 0) is 126 Å². The first-order chi connectivity index (χ1) is 33.8. The fraction of sp³-hybridized carbons (Fsp3) is 0.574. The second kappa shape index (κ2) is 21.4. The third-order valence-corrected chi connectivity index (χ3v) is 20.5. The first-order valence-corrected chi connectivity index (χ1v) is 30.9. The summed E-state index contributed by atoms with van der Waals surface area (Å²) in [5.41, 5.74) is 22.0. The lowest BCUT2D eigenvalue weighted by molar-refractivity contribution is 0.397. The molecular weight excluding hydrogens is 917 g/mol. The Morgan fingerprint density at radius 3 is 1.39 bits per heavy atom. The third kappa shape index (κ3) is 8.73. The number of unbranched alkanes of at least 4 members (excludes halogenated alkanes) is 15. The van der Waals surface area contributed by atoms with E-state index in [1.807, 2.05) is 22.7 Å². The number of fused-ring (bicyclic) bond motifs is 13. The summed E-state index contributed by atoms with van der Waals surface area (Å²) in [5, 5.41) is 0. The Labute approximate surface area is 431 Å². The minimum Gasteiger partial charge on any atom is -0.173 e. The van der Waals surface area contributed by atoms with Crippen LogP contribution in [0.2, 0.25) is 0 Å². The Balaban J connectivity index is 1.20. The highest BCUT2D eigenvalue weighted by atomic mass is 32.1. The summed E-state index contributed by atoms with van der Waals surface area (Å²) in [4.78, 5) is 5.88. The molecule has 7 aromatic rings. The van der Waals surface area contributed by atoms with Crippen LogP contribution in [-0.4, -0.2) is 17.5 Å². The smallest absolute Gasteiger partial charge is 0.114 e. The topological polar surface area (TPSA) is 51.6 Å². The number of thiophene rings is 2. The second-order valence-electron chi connectivity index (χ2n) is 21.7. The van der Waals surface area contributed by atoms with Crippen molar-refractivity contribution in [3.8, 4) is 42.4 Å². The van der Waals surface area contributed by atoms with Gasteiger partial charge in [0.25, 0.3) is 0 Å². The molecule has 0 amide bonds. The molecule has 69 heavy (non-hydrogen) atoms. The normalized spacial score (nSPS) is 15.8. The van der Waals surface area contributed by atoms with Gasteiger partial charge in [-0.2, -0.15) is 17.5 Å². The van der Waals surface area contributed by atoms with Gasteiger partial charge < -0.3 is 0 Å². The lowest BCUT2D eigenvalue weighted by atomic mass is 9.68. The van der Waals surface area contributed by atoms with Crippen LogP contribution in [0.25, 0.3) is 64.5 Å². The van der Waals surface area contributed by atoms with Crippen molar-refractivity contribution in [2.45, 2.75) is 226 Å². The maximum atomic E-state index is 5.41. The predicted molar refractivity (Wildman–Crippen MR) is 303 cm³/mol. The van der Waals surface area contributed by atoms with Crippen molar-refractivity contribution in [2.75, 3.05) is 0 Å². The van der Waals surface area contributed by atoms with Gasteiger partial charge in [-0.15, -0.1) is 22.7 Å². The quantitative estimate of drug-likeness (QED) is 0.0507. The number of aryl methyl sites for hydroxylation is 2. The average molecular weight is 996 g/mol. The SMILES string of the molecule is CCCCCCC1c2cc(C)sc2-c2sc(-c3cc4c(c5nsnc35)-c3cc5c(cc3C4(CCCCCC)CCCCCC)-c3c(cc(C)c4nsnc34)C5(CCCCCC)CCCCCC)cc21. The molecular formula is C61H78N4S4. The van der Waals surface area contributed by atoms with Crippen LogP contribution in [0.5, 0.6) is 0 Å². The number of rotatable bonds is 26. The Morgan fingerprint density at radius 2 is 0.855 bits per heavy atom. The molecule has 0 fully saturated rings. The Hall–Kier alpha value is -3.30. The van der Waals surface area contributed by atoms with Crippen LogP contribution < -0.4 is 0 Å². The monoisotopic (exact) mass is 995 g/mol. The summed E-state index contributed by atoms with van der Waals surface area (Å²) < 4.78 is 20.9. The van der Waals surface area contributed by atoms with Crippen LogP contribution in [0.15, 0.2) is 36.4 Å². The number of hydrogen-bond donors (Lipinski definition) is 0. The number of benzene rings is 3. The predicted octanol–water partition coefficient (Wildman–Crippen LogP) is 20.6. The molecule has 4 nitrogen and oxygen atoms in total. The van der Waals surface area contributed by atoms with E-state index in [0.717, 1.165) is 22.1 Å². The molecule has 3 aliphatic rings. The van der Waals surface area contributed by atoms with Crippen molar-refractivity contribution in [3.63, 3.8) is 0 Å². The fourth-order valence-corrected chi connectivity index (χ4v) is 17.2. The molecule has 3 aromatic carbocycles. The molecule has 1 atom stereocenters. The first-order valence-electron chi connectivity index (χ1n) is 27.8. The molecule has 0 spiro atoms. The summed E-state index contributed by atoms with van der Waals surface area (Å²) in [7, 11) is 0. The molecule has 10 rings (SSSR count). The highest BCUT2D eigenvalue weighted by molar-refractivity contribution is 7.24. The molecule has 366 valence electrons. The Bertz CT molecular complexity index is 2880. The fourth-order valence-electron chi connectivity index (χ4n) is 13.6. The molecule has 0 saturated carbocycles. The molecule has 0 bridgehead atoms. The number of nitrogens with zero attached hydrogens (tertiary/aromatic N) is 4. The van der Waals surface area contributed by atoms with Crippen molar-refractivity contribution >= 4 is 68.2 Å². The molecule has 8 heteroatoms. The van der Waals surface area contributed by atoms with Gasteiger partial charge in [-0.1, -0.05) is 169 Å².